The van der Waals surface area contributed by atoms with Gasteiger partial charge in [0.05, 0.1) is 5.55 Å². The van der Waals surface area contributed by atoms with E-state index in [2.05, 4.69) is 22.4 Å². The van der Waals surface area contributed by atoms with Crippen LogP contribution in [-0.2, 0) is 4.74 Å². The van der Waals surface area contributed by atoms with E-state index in [1.54, 1.807) is 6.07 Å². The van der Waals surface area contributed by atoms with Gasteiger partial charge in [0.25, 0.3) is 0 Å². The van der Waals surface area contributed by atoms with Gasteiger partial charge in [-0.05, 0) is 18.3 Å². The topological polar surface area (TPSA) is 170 Å². The average molecular weight is 492 g/mol. The normalized spacial score (nSPS) is 11.0. The van der Waals surface area contributed by atoms with Gasteiger partial charge in [-0.3, -0.25) is 5.41 Å². The molecule has 1 rings (SSSR count). The van der Waals surface area contributed by atoms with Crippen molar-refractivity contribution in [2.45, 2.75) is 0 Å². The fourth-order valence-corrected chi connectivity index (χ4v) is 2.09. The summed E-state index contributed by atoms with van der Waals surface area (Å²) in [4.78, 5) is 8.43. The zero-order valence-corrected chi connectivity index (χ0v) is 17.0. The Hall–Kier alpha value is -1.38. The first-order valence-electron chi connectivity index (χ1n) is 6.70. The second kappa shape index (κ2) is 12.9. The predicted octanol–water partition coefficient (Wildman–Crippen LogP) is 1.43. The molecule has 1 aromatic heterocycles. The molecule has 9 nitrogen and oxygen atoms in total. The third-order valence-corrected chi connectivity index (χ3v) is 3.23. The third-order valence-electron chi connectivity index (χ3n) is 2.66. The standard InChI is InChI=1S/C14H19N8OS.Pm/c1-23-5-4-20-12-6-9(13(19)24-8-17)10(7-16)14(22-12)21-11(18)2-3-15;/h2-3,6-8,16-17,19H,1,4-5,15H2,(H3,18,20,21,22);/q-1;/b3-2-,16-7?,17-8?,19-13?;. The molecule has 0 atom stereocenters. The van der Waals surface area contributed by atoms with Gasteiger partial charge in [-0.1, -0.05) is 11.8 Å². The van der Waals surface area contributed by atoms with Crippen LogP contribution in [0, 0.1) is 63.7 Å². The molecule has 0 saturated heterocycles. The van der Waals surface area contributed by atoms with Crippen LogP contribution in [0.1, 0.15) is 11.1 Å². The second-order valence-corrected chi connectivity index (χ2v) is 5.11. The van der Waals surface area contributed by atoms with E-state index in [0.717, 1.165) is 23.5 Å². The van der Waals surface area contributed by atoms with Crippen molar-refractivity contribution in [1.29, 1.82) is 16.2 Å². The maximum Gasteiger partial charge on any atom is 0.166 e. The minimum atomic E-state index is 0. The molecule has 0 bridgehead atoms. The van der Waals surface area contributed by atoms with Gasteiger partial charge in [-0.2, -0.15) is 0 Å². The quantitative estimate of drug-likeness (QED) is 0.132. The van der Waals surface area contributed by atoms with Gasteiger partial charge in [-0.15, -0.1) is 0 Å². The summed E-state index contributed by atoms with van der Waals surface area (Å²) in [6, 6.07) is 1.61. The van der Waals surface area contributed by atoms with Crippen LogP contribution < -0.4 is 16.8 Å². The molecule has 0 saturated carbocycles. The Bertz CT molecular complexity index is 677. The molecule has 1 aromatic rings. The minimum absolute atomic E-state index is 0. The van der Waals surface area contributed by atoms with E-state index >= 15 is 0 Å². The molecule has 0 amide bonds. The van der Waals surface area contributed by atoms with E-state index < -0.39 is 0 Å². The van der Waals surface area contributed by atoms with E-state index in [1.165, 1.54) is 12.3 Å². The number of pyridine rings is 1. The number of nitrogens with two attached hydrogens (primary N) is 2. The predicted molar refractivity (Wildman–Crippen MR) is 99.7 cm³/mol. The molecule has 133 valence electrons. The van der Waals surface area contributed by atoms with Crippen LogP contribution in [-0.4, -0.2) is 40.8 Å². The number of amidine groups is 1. The Kier molecular flexibility index (Phi) is 12.2. The third kappa shape index (κ3) is 7.58. The number of ether oxygens (including phenoxy) is 1. The monoisotopic (exact) mass is 492 g/mol. The number of aliphatic imine (C=N–C) groups is 1. The Morgan fingerprint density at radius 3 is 2.76 bits per heavy atom. The van der Waals surface area contributed by atoms with Crippen molar-refractivity contribution in [1.82, 2.24) is 4.98 Å². The van der Waals surface area contributed by atoms with Gasteiger partial charge in [0.15, 0.2) is 5.82 Å². The number of hydrogen-bond donors (Lipinski definition) is 6. The Balaban J connectivity index is 0.00000576. The summed E-state index contributed by atoms with van der Waals surface area (Å²) in [5.41, 5.74) is 12.8. The molecular weight excluding hydrogens is 473 g/mol. The number of nitrogens with one attached hydrogen (secondary N) is 4. The van der Waals surface area contributed by atoms with Gasteiger partial charge in [0.1, 0.15) is 16.7 Å². The van der Waals surface area contributed by atoms with E-state index in [1.807, 2.05) is 0 Å². The Morgan fingerprint density at radius 1 is 1.48 bits per heavy atom. The van der Waals surface area contributed by atoms with Crippen molar-refractivity contribution in [3.05, 3.63) is 36.6 Å². The first-order valence-corrected chi connectivity index (χ1v) is 7.58. The maximum absolute atomic E-state index is 8.05. The molecule has 0 aliphatic heterocycles. The zero-order chi connectivity index (χ0) is 17.9. The Morgan fingerprint density at radius 2 is 2.20 bits per heavy atom. The van der Waals surface area contributed by atoms with E-state index in [9.17, 15) is 0 Å². The van der Waals surface area contributed by atoms with Crippen molar-refractivity contribution < 1.29 is 45.1 Å². The summed E-state index contributed by atoms with van der Waals surface area (Å²) < 4.78 is 4.73. The van der Waals surface area contributed by atoms with E-state index in [4.69, 9.17) is 32.4 Å². The summed E-state index contributed by atoms with van der Waals surface area (Å²) in [6.45, 7) is 0.818. The summed E-state index contributed by atoms with van der Waals surface area (Å²) in [5.74, 6) is 0.723. The smallest absolute Gasteiger partial charge is 0.166 e. The summed E-state index contributed by atoms with van der Waals surface area (Å²) in [7, 11) is 3.28. The van der Waals surface area contributed by atoms with Crippen molar-refractivity contribution in [3.8, 4) is 0 Å². The molecule has 0 aliphatic carbocycles. The average Bonchev–Trinajstić information content (AvgIpc) is 2.55. The molecule has 1 heterocycles. The number of thioether (sulfide) groups is 1. The molecular formula is C14H19N8OPmS-. The van der Waals surface area contributed by atoms with Gasteiger partial charge < -0.3 is 32.3 Å². The van der Waals surface area contributed by atoms with Crippen molar-refractivity contribution in [2.24, 2.45) is 16.5 Å². The van der Waals surface area contributed by atoms with Crippen LogP contribution in [0.25, 0.3) is 0 Å². The molecule has 0 fully saturated rings. The van der Waals surface area contributed by atoms with Crippen LogP contribution in [0.3, 0.4) is 0 Å². The largest absolute Gasteiger partial charge is 0.554 e. The van der Waals surface area contributed by atoms with Gasteiger partial charge in [0.2, 0.25) is 0 Å². The first-order chi connectivity index (χ1) is 11.6. The van der Waals surface area contributed by atoms with Gasteiger partial charge in [0, 0.05) is 70.9 Å². The SMILES string of the molecule is [CH2-]OCCNc1cc(C(=N)SC=N)c(C=N)c(/N=C(N)\C=C/N)n1.[Pm]. The van der Waals surface area contributed by atoms with E-state index in [-0.39, 0.29) is 57.1 Å². The Labute approximate surface area is 182 Å². The number of rotatable bonds is 9. The zero-order valence-electron chi connectivity index (χ0n) is 13.3. The number of hydrogen-bond acceptors (Lipinski definition) is 9. The van der Waals surface area contributed by atoms with Crippen LogP contribution in [0.2, 0.25) is 0 Å². The molecule has 0 aromatic carbocycles. The maximum atomic E-state index is 8.05. The molecule has 1 radical (unpaired) electrons. The van der Waals surface area contributed by atoms with E-state index in [0.29, 0.717) is 30.1 Å². The molecule has 0 aliphatic rings. The summed E-state index contributed by atoms with van der Waals surface area (Å²) >= 11 is 0.907. The van der Waals surface area contributed by atoms with Crippen LogP contribution in [0.5, 0.6) is 0 Å². The fourth-order valence-electron chi connectivity index (χ4n) is 1.68. The summed E-state index contributed by atoms with van der Waals surface area (Å²) in [5, 5.41) is 25.9. The molecule has 0 spiro atoms. The number of anilines is 1. The molecule has 11 heteroatoms. The summed E-state index contributed by atoms with van der Waals surface area (Å²) in [6.07, 6.45) is 3.68. The van der Waals surface area contributed by atoms with Gasteiger partial charge in [-0.25, -0.2) is 17.1 Å². The fraction of sp³-hybridized carbons (Fsp3) is 0.143. The first kappa shape index (κ1) is 23.6. The number of aromatic nitrogens is 1. The van der Waals surface area contributed by atoms with Crippen molar-refractivity contribution >= 4 is 46.0 Å². The van der Waals surface area contributed by atoms with Gasteiger partial charge >= 0.3 is 0 Å². The van der Waals surface area contributed by atoms with Crippen molar-refractivity contribution in [3.63, 3.8) is 0 Å². The molecule has 8 N–H and O–H groups in total. The molecule has 25 heavy (non-hydrogen) atoms. The second-order valence-electron chi connectivity index (χ2n) is 4.23. The van der Waals surface area contributed by atoms with Crippen LogP contribution in [0.4, 0.5) is 11.6 Å². The minimum Gasteiger partial charge on any atom is -0.554 e. The molecule has 0 unspecified atom stereocenters. The van der Waals surface area contributed by atoms with Crippen LogP contribution >= 0.6 is 11.8 Å². The number of nitrogens with zero attached hydrogens (tertiary/aromatic N) is 2. The van der Waals surface area contributed by atoms with Crippen LogP contribution in [0.15, 0.2) is 23.3 Å². The van der Waals surface area contributed by atoms with Crippen molar-refractivity contribution in [2.75, 3.05) is 18.5 Å².